The Morgan fingerprint density at radius 2 is 2.17 bits per heavy atom. The van der Waals surface area contributed by atoms with E-state index >= 15 is 0 Å². The molecule has 1 fully saturated rings. The molecule has 1 aromatic carbocycles. The molecular formula is C18H25N5O. The van der Waals surface area contributed by atoms with Crippen molar-refractivity contribution in [3.05, 3.63) is 41.5 Å². The number of nitrogens with one attached hydrogen (secondary N) is 2. The van der Waals surface area contributed by atoms with Gasteiger partial charge in [0.1, 0.15) is 11.6 Å². The van der Waals surface area contributed by atoms with Gasteiger partial charge in [-0.25, -0.2) is 14.5 Å². The molecule has 0 saturated heterocycles. The number of anilines is 1. The van der Waals surface area contributed by atoms with Crippen molar-refractivity contribution >= 4 is 11.7 Å². The van der Waals surface area contributed by atoms with E-state index in [1.807, 2.05) is 42.8 Å². The van der Waals surface area contributed by atoms with E-state index in [0.717, 1.165) is 22.9 Å². The quantitative estimate of drug-likeness (QED) is 0.885. The van der Waals surface area contributed by atoms with E-state index in [-0.39, 0.29) is 12.1 Å². The summed E-state index contributed by atoms with van der Waals surface area (Å²) in [4.78, 5) is 16.5. The minimum Gasteiger partial charge on any atom is -0.335 e. The van der Waals surface area contributed by atoms with Crippen LogP contribution in [0, 0.1) is 19.8 Å². The number of amides is 2. The fraction of sp³-hybridized carbons (Fsp3) is 0.500. The van der Waals surface area contributed by atoms with Crippen LogP contribution in [0.15, 0.2) is 24.3 Å². The first-order chi connectivity index (χ1) is 11.5. The molecule has 2 N–H and O–H groups in total. The number of hydrogen-bond donors (Lipinski definition) is 2. The SMILES string of the molecule is Cc1nc(C)n(Cc2cccc(NC(=O)NC(C)C3CCC3)c2)n1. The molecule has 1 unspecified atom stereocenters. The molecule has 0 bridgehead atoms. The maximum absolute atomic E-state index is 12.1. The van der Waals surface area contributed by atoms with E-state index in [0.29, 0.717) is 12.5 Å². The van der Waals surface area contributed by atoms with Crippen molar-refractivity contribution in [3.63, 3.8) is 0 Å². The fourth-order valence-electron chi connectivity index (χ4n) is 3.06. The molecule has 2 aromatic rings. The average Bonchev–Trinajstić information content (AvgIpc) is 2.74. The molecular weight excluding hydrogens is 302 g/mol. The summed E-state index contributed by atoms with van der Waals surface area (Å²) in [6, 6.07) is 7.93. The van der Waals surface area contributed by atoms with E-state index in [4.69, 9.17) is 0 Å². The molecule has 1 aliphatic carbocycles. The Hall–Kier alpha value is -2.37. The number of aromatic nitrogens is 3. The van der Waals surface area contributed by atoms with Gasteiger partial charge in [-0.1, -0.05) is 18.6 Å². The zero-order valence-electron chi connectivity index (χ0n) is 14.5. The topological polar surface area (TPSA) is 71.8 Å². The second-order valence-corrected chi connectivity index (χ2v) is 6.64. The highest BCUT2D eigenvalue weighted by Crippen LogP contribution is 2.29. The van der Waals surface area contributed by atoms with Gasteiger partial charge < -0.3 is 10.6 Å². The summed E-state index contributed by atoms with van der Waals surface area (Å²) in [6.07, 6.45) is 3.71. The minimum atomic E-state index is -0.140. The monoisotopic (exact) mass is 327 g/mol. The highest BCUT2D eigenvalue weighted by atomic mass is 16.2. The van der Waals surface area contributed by atoms with Crippen molar-refractivity contribution in [2.24, 2.45) is 5.92 Å². The van der Waals surface area contributed by atoms with Crippen molar-refractivity contribution in [1.82, 2.24) is 20.1 Å². The standard InChI is InChI=1S/C18H25N5O/c1-12(16-7-5-8-16)19-18(24)21-17-9-4-6-15(10-17)11-23-14(3)20-13(2)22-23/h4,6,9-10,12,16H,5,7-8,11H2,1-3H3,(H2,19,21,24). The van der Waals surface area contributed by atoms with Crippen LogP contribution in [0.5, 0.6) is 0 Å². The van der Waals surface area contributed by atoms with Gasteiger partial charge in [0.05, 0.1) is 6.54 Å². The van der Waals surface area contributed by atoms with Crippen molar-refractivity contribution in [2.45, 2.75) is 52.6 Å². The Labute approximate surface area is 142 Å². The van der Waals surface area contributed by atoms with Crippen LogP contribution < -0.4 is 10.6 Å². The van der Waals surface area contributed by atoms with E-state index in [2.05, 4.69) is 27.6 Å². The van der Waals surface area contributed by atoms with E-state index < -0.39 is 0 Å². The van der Waals surface area contributed by atoms with Gasteiger partial charge in [-0.3, -0.25) is 0 Å². The number of carbonyl (C=O) groups excluding carboxylic acids is 1. The molecule has 0 aliphatic heterocycles. The number of urea groups is 1. The van der Waals surface area contributed by atoms with Gasteiger partial charge in [0, 0.05) is 11.7 Å². The Morgan fingerprint density at radius 1 is 1.38 bits per heavy atom. The van der Waals surface area contributed by atoms with Crippen LogP contribution >= 0.6 is 0 Å². The summed E-state index contributed by atoms with van der Waals surface area (Å²) in [7, 11) is 0. The Morgan fingerprint density at radius 3 is 2.79 bits per heavy atom. The molecule has 1 heterocycles. The van der Waals surface area contributed by atoms with Gasteiger partial charge in [0.2, 0.25) is 0 Å². The normalized spacial score (nSPS) is 15.6. The maximum atomic E-state index is 12.1. The van der Waals surface area contributed by atoms with Gasteiger partial charge in [-0.2, -0.15) is 5.10 Å². The summed E-state index contributed by atoms with van der Waals surface area (Å²) in [5, 5.41) is 10.3. The molecule has 3 rings (SSSR count). The first-order valence-corrected chi connectivity index (χ1v) is 8.56. The molecule has 1 aliphatic rings. The van der Waals surface area contributed by atoms with Gasteiger partial charge in [-0.15, -0.1) is 0 Å². The van der Waals surface area contributed by atoms with Crippen molar-refractivity contribution in [3.8, 4) is 0 Å². The van der Waals surface area contributed by atoms with Crippen LogP contribution in [0.1, 0.15) is 43.4 Å². The lowest BCUT2D eigenvalue weighted by Gasteiger charge is -2.31. The number of aryl methyl sites for hydroxylation is 2. The molecule has 1 saturated carbocycles. The Bertz CT molecular complexity index is 720. The highest BCUT2D eigenvalue weighted by Gasteiger charge is 2.24. The third kappa shape index (κ3) is 3.93. The van der Waals surface area contributed by atoms with Crippen LogP contribution in [0.25, 0.3) is 0 Å². The van der Waals surface area contributed by atoms with Crippen molar-refractivity contribution < 1.29 is 4.79 Å². The predicted octanol–water partition coefficient (Wildman–Crippen LogP) is 3.25. The fourth-order valence-corrected chi connectivity index (χ4v) is 3.06. The maximum Gasteiger partial charge on any atom is 0.319 e. The smallest absolute Gasteiger partial charge is 0.319 e. The molecule has 0 spiro atoms. The minimum absolute atomic E-state index is 0.140. The lowest BCUT2D eigenvalue weighted by atomic mass is 9.80. The van der Waals surface area contributed by atoms with E-state index in [9.17, 15) is 4.79 Å². The molecule has 0 radical (unpaired) electrons. The summed E-state index contributed by atoms with van der Waals surface area (Å²) >= 11 is 0. The van der Waals surface area contributed by atoms with Crippen molar-refractivity contribution in [2.75, 3.05) is 5.32 Å². The average molecular weight is 327 g/mol. The second kappa shape index (κ2) is 7.03. The number of carbonyl (C=O) groups is 1. The Balaban J connectivity index is 1.60. The van der Waals surface area contributed by atoms with E-state index in [1.165, 1.54) is 19.3 Å². The summed E-state index contributed by atoms with van der Waals surface area (Å²) in [6.45, 7) is 6.55. The zero-order chi connectivity index (χ0) is 17.1. The lowest BCUT2D eigenvalue weighted by molar-refractivity contribution is 0.222. The summed E-state index contributed by atoms with van der Waals surface area (Å²) in [5.41, 5.74) is 1.87. The van der Waals surface area contributed by atoms with Gasteiger partial charge >= 0.3 is 6.03 Å². The van der Waals surface area contributed by atoms with Gasteiger partial charge in [0.15, 0.2) is 0 Å². The largest absolute Gasteiger partial charge is 0.335 e. The lowest BCUT2D eigenvalue weighted by Crippen LogP contribution is -2.42. The third-order valence-electron chi connectivity index (χ3n) is 4.70. The van der Waals surface area contributed by atoms with Crippen LogP contribution in [-0.4, -0.2) is 26.8 Å². The van der Waals surface area contributed by atoms with Crippen LogP contribution in [-0.2, 0) is 6.54 Å². The summed E-state index contributed by atoms with van der Waals surface area (Å²) in [5.74, 6) is 2.28. The molecule has 2 amide bonds. The molecule has 1 atom stereocenters. The molecule has 6 nitrogen and oxygen atoms in total. The van der Waals surface area contributed by atoms with Gasteiger partial charge in [-0.05, 0) is 57.2 Å². The van der Waals surface area contributed by atoms with Crippen LogP contribution in [0.4, 0.5) is 10.5 Å². The number of hydrogen-bond acceptors (Lipinski definition) is 3. The zero-order valence-corrected chi connectivity index (χ0v) is 14.5. The number of nitrogens with zero attached hydrogens (tertiary/aromatic N) is 3. The Kier molecular flexibility index (Phi) is 4.83. The molecule has 6 heteroatoms. The second-order valence-electron chi connectivity index (χ2n) is 6.64. The van der Waals surface area contributed by atoms with Crippen LogP contribution in [0.3, 0.4) is 0 Å². The first-order valence-electron chi connectivity index (χ1n) is 8.56. The molecule has 128 valence electrons. The first kappa shape index (κ1) is 16.5. The molecule has 1 aromatic heterocycles. The highest BCUT2D eigenvalue weighted by molar-refractivity contribution is 5.89. The number of benzene rings is 1. The number of rotatable bonds is 5. The summed E-state index contributed by atoms with van der Waals surface area (Å²) < 4.78 is 1.87. The predicted molar refractivity (Wildman–Crippen MR) is 94.0 cm³/mol. The van der Waals surface area contributed by atoms with Gasteiger partial charge in [0.25, 0.3) is 0 Å². The molecule has 24 heavy (non-hydrogen) atoms. The van der Waals surface area contributed by atoms with Crippen molar-refractivity contribution in [1.29, 1.82) is 0 Å². The van der Waals surface area contributed by atoms with E-state index in [1.54, 1.807) is 0 Å². The van der Waals surface area contributed by atoms with Crippen LogP contribution in [0.2, 0.25) is 0 Å². The third-order valence-corrected chi connectivity index (χ3v) is 4.70.